The van der Waals surface area contributed by atoms with E-state index in [-0.39, 0.29) is 22.4 Å². The molecular weight excluding hydrogens is 190 g/mol. The first kappa shape index (κ1) is 10.2. The summed E-state index contributed by atoms with van der Waals surface area (Å²) in [5.74, 6) is -0.963. The Labute approximate surface area is 57.4 Å². The molecule has 0 amide bonds. The average molecular weight is 197 g/mol. The Hall–Kier alpha value is 0.170. The van der Waals surface area contributed by atoms with Crippen LogP contribution in [0.1, 0.15) is 6.92 Å². The summed E-state index contributed by atoms with van der Waals surface area (Å²) in [6.45, 7) is 1.42. The van der Waals surface area contributed by atoms with Gasteiger partial charge >= 0.3 is 5.97 Å². The van der Waals surface area contributed by atoms with Crippen molar-refractivity contribution < 1.29 is 32.3 Å². The van der Waals surface area contributed by atoms with E-state index >= 15 is 0 Å². The third-order valence-electron chi connectivity index (χ3n) is 0.390. The molecule has 3 N–H and O–H groups in total. The van der Waals surface area contributed by atoms with Crippen molar-refractivity contribution in [1.29, 1.82) is 0 Å². The van der Waals surface area contributed by atoms with Crippen molar-refractivity contribution in [2.75, 3.05) is 0 Å². The first-order valence-corrected chi connectivity index (χ1v) is 1.63. The number of rotatable bonds is 1. The molecule has 0 aliphatic rings. The van der Waals surface area contributed by atoms with E-state index in [2.05, 4.69) is 0 Å². The molecule has 0 rings (SSSR count). The van der Waals surface area contributed by atoms with Gasteiger partial charge in [0.2, 0.25) is 0 Å². The Morgan fingerprint density at radius 2 is 2.00 bits per heavy atom. The van der Waals surface area contributed by atoms with Crippen molar-refractivity contribution in [2.45, 2.75) is 13.0 Å². The molecule has 0 bridgehead atoms. The molecule has 1 unspecified atom stereocenters. The van der Waals surface area contributed by atoms with E-state index in [1.54, 1.807) is 0 Å². The van der Waals surface area contributed by atoms with Crippen LogP contribution in [0.2, 0.25) is 0 Å². The van der Waals surface area contributed by atoms with Crippen LogP contribution in [-0.4, -0.2) is 17.1 Å². The maximum absolute atomic E-state index is 9.57. The molecule has 0 heterocycles. The number of nitrogens with two attached hydrogens (primary N) is 1. The summed E-state index contributed by atoms with van der Waals surface area (Å²) < 4.78 is 0. The van der Waals surface area contributed by atoms with Crippen molar-refractivity contribution in [3.05, 3.63) is 0 Å². The largest absolute Gasteiger partial charge is 0.480 e. The third-order valence-corrected chi connectivity index (χ3v) is 0.390. The number of carboxylic acids is 1. The van der Waals surface area contributed by atoms with Gasteiger partial charge < -0.3 is 10.8 Å². The summed E-state index contributed by atoms with van der Waals surface area (Å²) in [7, 11) is 0. The second kappa shape index (κ2) is 4.33. The maximum atomic E-state index is 9.57. The Morgan fingerprint density at radius 3 is 2.00 bits per heavy atom. The molecule has 1 radical (unpaired) electrons. The van der Waals surface area contributed by atoms with Crippen LogP contribution in [0.15, 0.2) is 0 Å². The van der Waals surface area contributed by atoms with Gasteiger partial charge in [0, 0.05) is 22.4 Å². The molecule has 47 valence electrons. The molecule has 0 aromatic heterocycles. The standard InChI is InChI=1S/C3H7NO2.Ag/c1-2(4)3(5)6;/h2H,4H2,1H3,(H,5,6);. The first-order valence-electron chi connectivity index (χ1n) is 1.63. The molecule has 3 nitrogen and oxygen atoms in total. The van der Waals surface area contributed by atoms with Gasteiger partial charge in [-0.2, -0.15) is 0 Å². The van der Waals surface area contributed by atoms with Gasteiger partial charge in [-0.1, -0.05) is 0 Å². The van der Waals surface area contributed by atoms with E-state index < -0.39 is 12.0 Å². The molecule has 0 aromatic carbocycles. The molecule has 0 saturated carbocycles. The smallest absolute Gasteiger partial charge is 0.320 e. The molecule has 0 aliphatic heterocycles. The van der Waals surface area contributed by atoms with Gasteiger partial charge in [0.1, 0.15) is 6.04 Å². The SMILES string of the molecule is CC(N)C(=O)O.[Ag]. The summed E-state index contributed by atoms with van der Waals surface area (Å²) in [6, 6.07) is -0.731. The van der Waals surface area contributed by atoms with Crippen molar-refractivity contribution >= 4 is 5.97 Å². The summed E-state index contributed by atoms with van der Waals surface area (Å²) in [5.41, 5.74) is 4.84. The predicted octanol–water partition coefficient (Wildman–Crippen LogP) is -0.584. The summed E-state index contributed by atoms with van der Waals surface area (Å²) in [4.78, 5) is 9.57. The van der Waals surface area contributed by atoms with Gasteiger partial charge in [-0.15, -0.1) is 0 Å². The number of carboxylic acid groups (broad SMARTS) is 1. The zero-order valence-electron chi connectivity index (χ0n) is 3.81. The van der Waals surface area contributed by atoms with E-state index in [1.807, 2.05) is 0 Å². The normalized spacial score (nSPS) is 11.7. The van der Waals surface area contributed by atoms with Crippen LogP contribution in [-0.2, 0) is 27.2 Å². The van der Waals surface area contributed by atoms with Crippen molar-refractivity contribution in [3.8, 4) is 0 Å². The Kier molecular flexibility index (Phi) is 6.32. The molecular formula is C3H7AgNO2. The van der Waals surface area contributed by atoms with Crippen molar-refractivity contribution in [3.63, 3.8) is 0 Å². The quantitative estimate of drug-likeness (QED) is 0.552. The molecule has 7 heavy (non-hydrogen) atoms. The van der Waals surface area contributed by atoms with E-state index in [0.29, 0.717) is 0 Å². The van der Waals surface area contributed by atoms with Crippen molar-refractivity contribution in [1.82, 2.24) is 0 Å². The molecule has 0 spiro atoms. The Morgan fingerprint density at radius 1 is 1.86 bits per heavy atom. The van der Waals surface area contributed by atoms with Crippen molar-refractivity contribution in [2.24, 2.45) is 5.73 Å². The average Bonchev–Trinajstić information content (AvgIpc) is 1.36. The van der Waals surface area contributed by atoms with Gasteiger partial charge in [-0.3, -0.25) is 4.79 Å². The van der Waals surface area contributed by atoms with Crippen LogP contribution in [0, 0.1) is 0 Å². The zero-order chi connectivity index (χ0) is 5.15. The van der Waals surface area contributed by atoms with Crippen LogP contribution in [0.4, 0.5) is 0 Å². The van der Waals surface area contributed by atoms with E-state index in [1.165, 1.54) is 6.92 Å². The molecule has 0 aliphatic carbocycles. The van der Waals surface area contributed by atoms with Gasteiger partial charge in [-0.05, 0) is 6.92 Å². The van der Waals surface area contributed by atoms with Gasteiger partial charge in [-0.25, -0.2) is 0 Å². The monoisotopic (exact) mass is 196 g/mol. The van der Waals surface area contributed by atoms with Crippen LogP contribution in [0.3, 0.4) is 0 Å². The Bertz CT molecular complexity index is 64.0. The van der Waals surface area contributed by atoms with Gasteiger partial charge in [0.25, 0.3) is 0 Å². The Balaban J connectivity index is 0. The fraction of sp³-hybridized carbons (Fsp3) is 0.667. The topological polar surface area (TPSA) is 63.3 Å². The van der Waals surface area contributed by atoms with Crippen LogP contribution >= 0.6 is 0 Å². The zero-order valence-corrected chi connectivity index (χ0v) is 5.29. The first-order chi connectivity index (χ1) is 2.64. The fourth-order valence-corrected chi connectivity index (χ4v) is 0. The minimum atomic E-state index is -0.963. The third kappa shape index (κ3) is 6.17. The number of hydrogen-bond donors (Lipinski definition) is 2. The molecule has 0 fully saturated rings. The summed E-state index contributed by atoms with van der Waals surface area (Å²) >= 11 is 0. The summed E-state index contributed by atoms with van der Waals surface area (Å²) in [5, 5.41) is 7.87. The second-order valence-corrected chi connectivity index (χ2v) is 1.13. The van der Waals surface area contributed by atoms with Gasteiger partial charge in [0.05, 0.1) is 0 Å². The molecule has 4 heteroatoms. The predicted molar refractivity (Wildman–Crippen MR) is 21.3 cm³/mol. The number of carbonyl (C=O) groups is 1. The number of aliphatic carboxylic acids is 1. The molecule has 0 saturated heterocycles. The molecule has 1 atom stereocenters. The van der Waals surface area contributed by atoms with E-state index in [4.69, 9.17) is 10.8 Å². The fourth-order valence-electron chi connectivity index (χ4n) is 0. The van der Waals surface area contributed by atoms with Crippen LogP contribution in [0.25, 0.3) is 0 Å². The molecule has 0 aromatic rings. The maximum Gasteiger partial charge on any atom is 0.320 e. The minimum absolute atomic E-state index is 0. The van der Waals surface area contributed by atoms with Crippen LogP contribution < -0.4 is 5.73 Å². The van der Waals surface area contributed by atoms with E-state index in [0.717, 1.165) is 0 Å². The van der Waals surface area contributed by atoms with E-state index in [9.17, 15) is 4.79 Å². The minimum Gasteiger partial charge on any atom is -0.480 e. The van der Waals surface area contributed by atoms with Crippen LogP contribution in [0.5, 0.6) is 0 Å². The number of hydrogen-bond acceptors (Lipinski definition) is 2. The van der Waals surface area contributed by atoms with Gasteiger partial charge in [0.15, 0.2) is 0 Å². The summed E-state index contributed by atoms with van der Waals surface area (Å²) in [6.07, 6.45) is 0. The second-order valence-electron chi connectivity index (χ2n) is 1.13.